The Kier molecular flexibility index (Phi) is 4.17. The van der Waals surface area contributed by atoms with Gasteiger partial charge in [-0.3, -0.25) is 0 Å². The number of likely N-dealkylation sites (tertiary alicyclic amines) is 1. The molecule has 0 aromatic heterocycles. The minimum Gasteiger partial charge on any atom is -0.303 e. The molecule has 1 nitrogen and oxygen atoms in total. The van der Waals surface area contributed by atoms with Crippen LogP contribution in [0.2, 0.25) is 0 Å². The summed E-state index contributed by atoms with van der Waals surface area (Å²) in [5, 5.41) is 0. The molecule has 0 radical (unpaired) electrons. The van der Waals surface area contributed by atoms with E-state index in [-0.39, 0.29) is 0 Å². The van der Waals surface area contributed by atoms with Crippen LogP contribution in [0, 0.1) is 5.92 Å². The fourth-order valence-electron chi connectivity index (χ4n) is 3.48. The first kappa shape index (κ1) is 13.4. The van der Waals surface area contributed by atoms with E-state index in [1.165, 1.54) is 37.2 Å². The number of benzene rings is 2. The molecule has 20 heavy (non-hydrogen) atoms. The van der Waals surface area contributed by atoms with Crippen LogP contribution in [-0.4, -0.2) is 24.5 Å². The van der Waals surface area contributed by atoms with E-state index < -0.39 is 0 Å². The molecular formula is C19H23N. The smallest absolute Gasteiger partial charge is 0.0130 e. The fraction of sp³-hybridized carbons (Fsp3) is 0.368. The zero-order valence-corrected chi connectivity index (χ0v) is 12.2. The van der Waals surface area contributed by atoms with Gasteiger partial charge in [0.05, 0.1) is 0 Å². The van der Waals surface area contributed by atoms with Gasteiger partial charge in [0.2, 0.25) is 0 Å². The predicted octanol–water partition coefficient (Wildman–Crippen LogP) is 4.16. The van der Waals surface area contributed by atoms with Crippen LogP contribution in [0.1, 0.15) is 30.4 Å². The lowest BCUT2D eigenvalue weighted by atomic mass is 9.80. The Labute approximate surface area is 122 Å². The lowest BCUT2D eigenvalue weighted by Crippen LogP contribution is -2.22. The second kappa shape index (κ2) is 6.23. The predicted molar refractivity (Wildman–Crippen MR) is 84.9 cm³/mol. The van der Waals surface area contributed by atoms with Crippen molar-refractivity contribution in [3.63, 3.8) is 0 Å². The van der Waals surface area contributed by atoms with E-state index in [1.54, 1.807) is 0 Å². The summed E-state index contributed by atoms with van der Waals surface area (Å²) in [5.41, 5.74) is 2.92. The molecular weight excluding hydrogens is 242 g/mol. The monoisotopic (exact) mass is 265 g/mol. The van der Waals surface area contributed by atoms with Crippen molar-refractivity contribution in [2.24, 2.45) is 5.92 Å². The van der Waals surface area contributed by atoms with Crippen LogP contribution < -0.4 is 0 Å². The van der Waals surface area contributed by atoms with E-state index >= 15 is 0 Å². The first-order chi connectivity index (χ1) is 9.88. The Bertz CT molecular complexity index is 480. The zero-order valence-electron chi connectivity index (χ0n) is 12.2. The molecule has 0 spiro atoms. The molecule has 1 aliphatic rings. The molecule has 3 rings (SSSR count). The molecule has 0 bridgehead atoms. The summed E-state index contributed by atoms with van der Waals surface area (Å²) < 4.78 is 0. The minimum absolute atomic E-state index is 0.536. The molecule has 1 atom stereocenters. The average molecular weight is 265 g/mol. The minimum atomic E-state index is 0.536. The maximum atomic E-state index is 2.57. The molecule has 1 saturated heterocycles. The van der Waals surface area contributed by atoms with E-state index in [4.69, 9.17) is 0 Å². The highest BCUT2D eigenvalue weighted by Gasteiger charge is 2.30. The molecule has 1 heterocycles. The molecule has 2 aromatic carbocycles. The highest BCUT2D eigenvalue weighted by molar-refractivity contribution is 5.33. The first-order valence-electron chi connectivity index (χ1n) is 7.70. The first-order valence-corrected chi connectivity index (χ1v) is 7.70. The van der Waals surface area contributed by atoms with E-state index in [2.05, 4.69) is 72.5 Å². The molecule has 2 aromatic rings. The fourth-order valence-corrected chi connectivity index (χ4v) is 3.48. The Morgan fingerprint density at radius 3 is 1.95 bits per heavy atom. The van der Waals surface area contributed by atoms with Gasteiger partial charge in [0.25, 0.3) is 0 Å². The van der Waals surface area contributed by atoms with Crippen molar-refractivity contribution in [1.29, 1.82) is 0 Å². The Hall–Kier alpha value is -1.60. The normalized spacial score (nSPS) is 19.6. The van der Waals surface area contributed by atoms with Gasteiger partial charge in [0.15, 0.2) is 0 Å². The van der Waals surface area contributed by atoms with Gasteiger partial charge in [-0.05, 0) is 36.6 Å². The third kappa shape index (κ3) is 2.78. The van der Waals surface area contributed by atoms with Crippen molar-refractivity contribution in [2.45, 2.75) is 19.3 Å². The van der Waals surface area contributed by atoms with Gasteiger partial charge in [0, 0.05) is 12.5 Å². The quantitative estimate of drug-likeness (QED) is 0.802. The number of rotatable bonds is 4. The maximum Gasteiger partial charge on any atom is 0.0130 e. The van der Waals surface area contributed by atoms with E-state index in [9.17, 15) is 0 Å². The molecule has 1 unspecified atom stereocenters. The summed E-state index contributed by atoms with van der Waals surface area (Å²) in [5.74, 6) is 1.27. The third-order valence-corrected chi connectivity index (χ3v) is 4.54. The van der Waals surface area contributed by atoms with E-state index in [1.807, 2.05) is 0 Å². The number of hydrogen-bond acceptors (Lipinski definition) is 1. The second-order valence-electron chi connectivity index (χ2n) is 5.74. The van der Waals surface area contributed by atoms with Crippen molar-refractivity contribution >= 4 is 0 Å². The number of hydrogen-bond donors (Lipinski definition) is 0. The summed E-state index contributed by atoms with van der Waals surface area (Å²) in [7, 11) is 0. The van der Waals surface area contributed by atoms with Crippen molar-refractivity contribution in [2.75, 3.05) is 19.6 Å². The van der Waals surface area contributed by atoms with Gasteiger partial charge >= 0.3 is 0 Å². The van der Waals surface area contributed by atoms with Crippen LogP contribution >= 0.6 is 0 Å². The summed E-state index contributed by atoms with van der Waals surface area (Å²) in [4.78, 5) is 2.57. The Morgan fingerprint density at radius 2 is 1.50 bits per heavy atom. The van der Waals surface area contributed by atoms with Gasteiger partial charge in [-0.15, -0.1) is 0 Å². The standard InChI is InChI=1S/C19H23N/c1-2-20-14-13-18(15-20)19(16-9-5-3-6-10-16)17-11-7-4-8-12-17/h3-12,18-19H,2,13-15H2,1H3. The van der Waals surface area contributed by atoms with Crippen molar-refractivity contribution in [1.82, 2.24) is 4.90 Å². The van der Waals surface area contributed by atoms with Gasteiger partial charge in [0.1, 0.15) is 0 Å². The van der Waals surface area contributed by atoms with Crippen molar-refractivity contribution in [3.8, 4) is 0 Å². The Balaban J connectivity index is 1.93. The van der Waals surface area contributed by atoms with Gasteiger partial charge in [-0.2, -0.15) is 0 Å². The second-order valence-corrected chi connectivity index (χ2v) is 5.74. The summed E-state index contributed by atoms with van der Waals surface area (Å²) >= 11 is 0. The van der Waals surface area contributed by atoms with E-state index in [0.717, 1.165) is 5.92 Å². The summed E-state index contributed by atoms with van der Waals surface area (Å²) in [6.45, 7) is 5.91. The highest BCUT2D eigenvalue weighted by atomic mass is 15.1. The van der Waals surface area contributed by atoms with Gasteiger partial charge < -0.3 is 4.90 Å². The average Bonchev–Trinajstić information content (AvgIpc) is 2.98. The third-order valence-electron chi connectivity index (χ3n) is 4.54. The molecule has 1 aliphatic heterocycles. The molecule has 1 fully saturated rings. The SMILES string of the molecule is CCN1CCC(C(c2ccccc2)c2ccccc2)C1. The highest BCUT2D eigenvalue weighted by Crippen LogP contribution is 2.37. The van der Waals surface area contributed by atoms with Crippen LogP contribution in [0.25, 0.3) is 0 Å². The lowest BCUT2D eigenvalue weighted by molar-refractivity contribution is 0.335. The summed E-state index contributed by atoms with van der Waals surface area (Å²) in [6.07, 6.45) is 1.31. The molecule has 1 heteroatoms. The van der Waals surface area contributed by atoms with Crippen LogP contribution in [0.15, 0.2) is 60.7 Å². The molecule has 0 aliphatic carbocycles. The molecule has 0 N–H and O–H groups in total. The number of nitrogens with zero attached hydrogens (tertiary/aromatic N) is 1. The van der Waals surface area contributed by atoms with Crippen molar-refractivity contribution < 1.29 is 0 Å². The zero-order chi connectivity index (χ0) is 13.8. The van der Waals surface area contributed by atoms with Crippen LogP contribution in [0.5, 0.6) is 0 Å². The van der Waals surface area contributed by atoms with Gasteiger partial charge in [-0.1, -0.05) is 67.6 Å². The maximum absolute atomic E-state index is 2.57. The molecule has 0 amide bonds. The van der Waals surface area contributed by atoms with Gasteiger partial charge in [-0.25, -0.2) is 0 Å². The Morgan fingerprint density at radius 1 is 0.950 bits per heavy atom. The molecule has 0 saturated carbocycles. The largest absolute Gasteiger partial charge is 0.303 e. The van der Waals surface area contributed by atoms with E-state index in [0.29, 0.717) is 5.92 Å². The summed E-state index contributed by atoms with van der Waals surface area (Å²) in [6, 6.07) is 22.0. The molecule has 104 valence electrons. The van der Waals surface area contributed by atoms with Crippen molar-refractivity contribution in [3.05, 3.63) is 71.8 Å². The topological polar surface area (TPSA) is 3.24 Å². The van der Waals surface area contributed by atoms with Crippen LogP contribution in [0.4, 0.5) is 0 Å². The van der Waals surface area contributed by atoms with Crippen LogP contribution in [-0.2, 0) is 0 Å². The van der Waals surface area contributed by atoms with Crippen LogP contribution in [0.3, 0.4) is 0 Å². The lowest BCUT2D eigenvalue weighted by Gasteiger charge is -2.25.